The molecule has 2 aromatic rings. The molecule has 0 bridgehead atoms. The number of hydrogen-bond acceptors (Lipinski definition) is 4. The van der Waals surface area contributed by atoms with Crippen molar-refractivity contribution in [2.45, 2.75) is 0 Å². The summed E-state index contributed by atoms with van der Waals surface area (Å²) < 4.78 is 39.5. The van der Waals surface area contributed by atoms with Gasteiger partial charge in [0.1, 0.15) is 11.6 Å². The summed E-state index contributed by atoms with van der Waals surface area (Å²) in [4.78, 5) is 13.6. The van der Waals surface area contributed by atoms with Gasteiger partial charge in [-0.25, -0.2) is 18.2 Å². The molecule has 0 radical (unpaired) electrons. The molecule has 1 heterocycles. The van der Waals surface area contributed by atoms with E-state index < -0.39 is 39.3 Å². The fraction of sp³-hybridized carbons (Fsp3) is 0. The van der Waals surface area contributed by atoms with Gasteiger partial charge in [0.25, 0.3) is 5.69 Å². The third-order valence-electron chi connectivity index (χ3n) is 2.36. The Morgan fingerprint density at radius 1 is 1.11 bits per heavy atom. The number of aromatic nitrogens is 1. The van der Waals surface area contributed by atoms with E-state index >= 15 is 0 Å². The lowest BCUT2D eigenvalue weighted by Gasteiger charge is -2.05. The van der Waals surface area contributed by atoms with E-state index in [1.54, 1.807) is 0 Å². The van der Waals surface area contributed by atoms with Gasteiger partial charge in [-0.1, -0.05) is 0 Å². The number of pyridine rings is 1. The van der Waals surface area contributed by atoms with Gasteiger partial charge in [0, 0.05) is 17.7 Å². The number of nitro groups is 1. The smallest absolute Gasteiger partial charge is 0.295 e. The van der Waals surface area contributed by atoms with Gasteiger partial charge in [-0.05, 0) is 12.1 Å². The summed E-state index contributed by atoms with van der Waals surface area (Å²) in [5.74, 6) is -4.01. The zero-order valence-electron chi connectivity index (χ0n) is 9.23. The Labute approximate surface area is 104 Å². The van der Waals surface area contributed by atoms with E-state index in [0.29, 0.717) is 12.1 Å². The van der Waals surface area contributed by atoms with Crippen molar-refractivity contribution >= 4 is 11.5 Å². The van der Waals surface area contributed by atoms with Crippen molar-refractivity contribution < 1.29 is 18.1 Å². The molecule has 0 atom stereocenters. The molecule has 0 saturated carbocycles. The van der Waals surface area contributed by atoms with E-state index in [4.69, 9.17) is 5.73 Å². The number of halogens is 3. The Morgan fingerprint density at radius 2 is 1.74 bits per heavy atom. The van der Waals surface area contributed by atoms with E-state index in [0.717, 1.165) is 12.1 Å². The number of benzene rings is 1. The highest BCUT2D eigenvalue weighted by Gasteiger charge is 2.22. The average molecular weight is 269 g/mol. The number of nitrogens with zero attached hydrogens (tertiary/aromatic N) is 2. The van der Waals surface area contributed by atoms with E-state index in [9.17, 15) is 23.3 Å². The van der Waals surface area contributed by atoms with E-state index in [1.807, 2.05) is 0 Å². The summed E-state index contributed by atoms with van der Waals surface area (Å²) in [5, 5.41) is 10.8. The molecular weight excluding hydrogens is 263 g/mol. The molecule has 0 amide bonds. The van der Waals surface area contributed by atoms with Crippen LogP contribution in [0.15, 0.2) is 24.3 Å². The topological polar surface area (TPSA) is 82.0 Å². The first-order chi connectivity index (χ1) is 8.90. The molecule has 0 aliphatic carbocycles. The number of hydrogen-bond donors (Lipinski definition) is 1. The highest BCUT2D eigenvalue weighted by Crippen LogP contribution is 2.31. The molecule has 5 nitrogen and oxygen atoms in total. The zero-order chi connectivity index (χ0) is 14.2. The van der Waals surface area contributed by atoms with Gasteiger partial charge in [0.2, 0.25) is 0 Å². The summed E-state index contributed by atoms with van der Waals surface area (Å²) in [6.45, 7) is 0. The Hall–Kier alpha value is -2.64. The van der Waals surface area contributed by atoms with Crippen LogP contribution in [0.3, 0.4) is 0 Å². The largest absolute Gasteiger partial charge is 0.384 e. The van der Waals surface area contributed by atoms with Crippen LogP contribution in [0.4, 0.5) is 24.7 Å². The average Bonchev–Trinajstić information content (AvgIpc) is 2.33. The zero-order valence-corrected chi connectivity index (χ0v) is 9.23. The summed E-state index contributed by atoms with van der Waals surface area (Å²) >= 11 is 0. The maximum absolute atomic E-state index is 13.6. The van der Waals surface area contributed by atoms with Gasteiger partial charge in [0.05, 0.1) is 4.92 Å². The van der Waals surface area contributed by atoms with Crippen LogP contribution in [0, 0.1) is 27.6 Å². The molecule has 0 spiro atoms. The lowest BCUT2D eigenvalue weighted by atomic mass is 10.1. The number of nitrogens with two attached hydrogens (primary N) is 1. The third kappa shape index (κ3) is 2.32. The minimum absolute atomic E-state index is 0.107. The normalized spacial score (nSPS) is 10.5. The van der Waals surface area contributed by atoms with Crippen molar-refractivity contribution in [1.82, 2.24) is 4.98 Å². The predicted octanol–water partition coefficient (Wildman–Crippen LogP) is 2.66. The summed E-state index contributed by atoms with van der Waals surface area (Å²) in [7, 11) is 0. The van der Waals surface area contributed by atoms with Gasteiger partial charge < -0.3 is 5.73 Å². The molecule has 0 fully saturated rings. The molecule has 0 aliphatic heterocycles. The Kier molecular flexibility index (Phi) is 3.07. The molecule has 1 aromatic heterocycles. The minimum atomic E-state index is -1.40. The number of rotatable bonds is 2. The van der Waals surface area contributed by atoms with Gasteiger partial charge >= 0.3 is 0 Å². The maximum atomic E-state index is 13.6. The second kappa shape index (κ2) is 4.56. The van der Waals surface area contributed by atoms with Crippen LogP contribution in [0.25, 0.3) is 11.3 Å². The van der Waals surface area contributed by atoms with Crippen LogP contribution < -0.4 is 5.73 Å². The molecule has 1 aromatic carbocycles. The van der Waals surface area contributed by atoms with Crippen molar-refractivity contribution in [3.05, 3.63) is 51.8 Å². The van der Waals surface area contributed by atoms with Crippen LogP contribution >= 0.6 is 0 Å². The Balaban J connectivity index is 2.74. The van der Waals surface area contributed by atoms with Crippen molar-refractivity contribution in [2.24, 2.45) is 0 Å². The highest BCUT2D eigenvalue weighted by molar-refractivity contribution is 5.71. The minimum Gasteiger partial charge on any atom is -0.384 e. The second-order valence-electron chi connectivity index (χ2n) is 3.61. The molecule has 2 N–H and O–H groups in total. The van der Waals surface area contributed by atoms with Gasteiger partial charge in [-0.2, -0.15) is 0 Å². The molecule has 2 rings (SSSR count). The quantitative estimate of drug-likeness (QED) is 0.516. The van der Waals surface area contributed by atoms with Crippen molar-refractivity contribution in [3.63, 3.8) is 0 Å². The van der Waals surface area contributed by atoms with Crippen LogP contribution in [0.1, 0.15) is 0 Å². The van der Waals surface area contributed by atoms with E-state index in [2.05, 4.69) is 4.98 Å². The summed E-state index contributed by atoms with van der Waals surface area (Å²) in [6, 6.07) is 2.95. The first-order valence-electron chi connectivity index (χ1n) is 4.96. The van der Waals surface area contributed by atoms with Gasteiger partial charge in [0.15, 0.2) is 17.3 Å². The summed E-state index contributed by atoms with van der Waals surface area (Å²) in [6.07, 6.45) is 0. The SMILES string of the molecule is Nc1ccc([N+](=O)[O-])c(-c2cc(F)c(F)cc2F)n1. The van der Waals surface area contributed by atoms with Gasteiger partial charge in [-0.3, -0.25) is 10.1 Å². The number of nitrogen functional groups attached to an aromatic ring is 1. The van der Waals surface area contributed by atoms with Gasteiger partial charge in [-0.15, -0.1) is 0 Å². The predicted molar refractivity (Wildman–Crippen MR) is 60.6 cm³/mol. The Bertz CT molecular complexity index is 676. The van der Waals surface area contributed by atoms with Crippen LogP contribution in [0.5, 0.6) is 0 Å². The van der Waals surface area contributed by atoms with Crippen LogP contribution in [-0.2, 0) is 0 Å². The Morgan fingerprint density at radius 3 is 2.37 bits per heavy atom. The van der Waals surface area contributed by atoms with Crippen LogP contribution in [0.2, 0.25) is 0 Å². The molecule has 0 aliphatic rings. The third-order valence-corrected chi connectivity index (χ3v) is 2.36. The molecule has 0 unspecified atom stereocenters. The van der Waals surface area contributed by atoms with E-state index in [-0.39, 0.29) is 5.82 Å². The van der Waals surface area contributed by atoms with Crippen molar-refractivity contribution in [2.75, 3.05) is 5.73 Å². The van der Waals surface area contributed by atoms with Crippen molar-refractivity contribution in [3.8, 4) is 11.3 Å². The lowest BCUT2D eigenvalue weighted by molar-refractivity contribution is -0.384. The maximum Gasteiger partial charge on any atom is 0.295 e. The lowest BCUT2D eigenvalue weighted by Crippen LogP contribution is -2.01. The monoisotopic (exact) mass is 269 g/mol. The molecule has 8 heteroatoms. The summed E-state index contributed by atoms with van der Waals surface area (Å²) in [5.41, 5.74) is 3.82. The van der Waals surface area contributed by atoms with Crippen LogP contribution in [-0.4, -0.2) is 9.91 Å². The first kappa shape index (κ1) is 12.8. The fourth-order valence-electron chi connectivity index (χ4n) is 1.52. The standard InChI is InChI=1S/C11H6F3N3O2/c12-6-4-8(14)7(13)3-5(6)11-9(17(18)19)1-2-10(15)16-11/h1-4H,(H2,15,16). The van der Waals surface area contributed by atoms with E-state index in [1.165, 1.54) is 0 Å². The number of anilines is 1. The second-order valence-corrected chi connectivity index (χ2v) is 3.61. The first-order valence-corrected chi connectivity index (χ1v) is 4.96. The fourth-order valence-corrected chi connectivity index (χ4v) is 1.52. The molecular formula is C11H6F3N3O2. The molecule has 19 heavy (non-hydrogen) atoms. The molecule has 0 saturated heterocycles. The highest BCUT2D eigenvalue weighted by atomic mass is 19.2. The van der Waals surface area contributed by atoms with Crippen molar-refractivity contribution in [1.29, 1.82) is 0 Å². The molecule has 98 valence electrons.